The fraction of sp³-hybridized carbons (Fsp3) is 0.657. The highest BCUT2D eigenvalue weighted by atomic mass is 16.8. The molecule has 0 amide bonds. The molecule has 4 rings (SSSR count). The summed E-state index contributed by atoms with van der Waals surface area (Å²) in [5.41, 5.74) is 0.751. The van der Waals surface area contributed by atoms with Crippen molar-refractivity contribution >= 4 is 35.8 Å². The van der Waals surface area contributed by atoms with Crippen LogP contribution in [0.25, 0.3) is 0 Å². The quantitative estimate of drug-likeness (QED) is 0.234. The highest BCUT2D eigenvalue weighted by molar-refractivity contribution is 5.69. The zero-order chi connectivity index (χ0) is 39.4. The van der Waals surface area contributed by atoms with Crippen LogP contribution in [0.5, 0.6) is 0 Å². The maximum atomic E-state index is 12.7. The Kier molecular flexibility index (Phi) is 15.7. The normalized spacial score (nSPS) is 30.6. The van der Waals surface area contributed by atoms with E-state index in [1.54, 1.807) is 24.3 Å². The molecule has 0 N–H and O–H groups in total. The average molecular weight is 770 g/mol. The van der Waals surface area contributed by atoms with E-state index in [1.807, 2.05) is 6.07 Å². The Morgan fingerprint density at radius 2 is 1.19 bits per heavy atom. The molecule has 1 aromatic rings. The molecule has 9 atom stereocenters. The second-order valence-electron chi connectivity index (χ2n) is 12.6. The Bertz CT molecular complexity index is 1460. The minimum atomic E-state index is -2.20. The first-order valence-corrected chi connectivity index (χ1v) is 17.2. The SMILES string of the molecule is CC(=O)O[C@@H]1[C@@H](OC(C)=O)[C@@H]2O[C@H](COCCN(OC(C)=O)CCOC[C@H]3O[C@@](COCc4ccccc4)(O2)[C@@H](OC(C)=O)[C@@H]3OC(C)=O)[C@H]1OC(C)=O. The molecule has 0 saturated carbocycles. The number of ether oxygens (including phenoxy) is 11. The van der Waals surface area contributed by atoms with Crippen molar-refractivity contribution in [3.8, 4) is 0 Å². The molecular formula is C35H47NO18. The summed E-state index contributed by atoms with van der Waals surface area (Å²) in [6.07, 6.45) is -11.7. The lowest BCUT2D eigenvalue weighted by Crippen LogP contribution is -2.65. The van der Waals surface area contributed by atoms with Crippen molar-refractivity contribution in [1.29, 1.82) is 0 Å². The molecule has 0 aromatic heterocycles. The van der Waals surface area contributed by atoms with Gasteiger partial charge in [0, 0.05) is 41.5 Å². The largest absolute Gasteiger partial charge is 0.456 e. The van der Waals surface area contributed by atoms with Gasteiger partial charge in [-0.25, -0.2) is 0 Å². The third kappa shape index (κ3) is 12.1. The predicted octanol–water partition coefficient (Wildman–Crippen LogP) is 0.525. The van der Waals surface area contributed by atoms with Crippen molar-refractivity contribution in [3.05, 3.63) is 35.9 Å². The van der Waals surface area contributed by atoms with Crippen LogP contribution in [0.3, 0.4) is 0 Å². The molecule has 1 aromatic carbocycles. The number of carbonyl (C=O) groups is 6. The first-order chi connectivity index (χ1) is 25.7. The van der Waals surface area contributed by atoms with Crippen LogP contribution in [0.2, 0.25) is 0 Å². The molecule has 19 nitrogen and oxygen atoms in total. The molecule has 3 fully saturated rings. The van der Waals surface area contributed by atoms with E-state index in [0.29, 0.717) is 0 Å². The van der Waals surface area contributed by atoms with Crippen molar-refractivity contribution in [2.75, 3.05) is 46.1 Å². The molecule has 0 aliphatic carbocycles. The number of carbonyl (C=O) groups excluding carboxylic acids is 6. The van der Waals surface area contributed by atoms with Crippen LogP contribution in [0.1, 0.15) is 47.1 Å². The number of hydrogen-bond acceptors (Lipinski definition) is 19. The van der Waals surface area contributed by atoms with E-state index in [1.165, 1.54) is 12.0 Å². The smallest absolute Gasteiger partial charge is 0.322 e. The predicted molar refractivity (Wildman–Crippen MR) is 176 cm³/mol. The minimum absolute atomic E-state index is 0.00739. The molecule has 300 valence electrons. The molecule has 3 aliphatic rings. The molecule has 19 heteroatoms. The summed E-state index contributed by atoms with van der Waals surface area (Å²) >= 11 is 0. The number of esters is 5. The molecule has 0 spiro atoms. The fourth-order valence-corrected chi connectivity index (χ4v) is 6.16. The van der Waals surface area contributed by atoms with Gasteiger partial charge in [0.25, 0.3) is 0 Å². The number of nitrogens with zero attached hydrogens (tertiary/aromatic N) is 1. The average Bonchev–Trinajstić information content (AvgIpc) is 3.33. The summed E-state index contributed by atoms with van der Waals surface area (Å²) in [5, 5.41) is 1.30. The van der Waals surface area contributed by atoms with Crippen LogP contribution < -0.4 is 0 Å². The Hall–Kier alpha value is -4.24. The Labute approximate surface area is 311 Å². The highest BCUT2D eigenvalue weighted by Gasteiger charge is 2.64. The van der Waals surface area contributed by atoms with Crippen LogP contribution in [-0.2, 0) is 92.3 Å². The Morgan fingerprint density at radius 3 is 1.76 bits per heavy atom. The Balaban J connectivity index is 1.86. The lowest BCUT2D eigenvalue weighted by Gasteiger charge is -2.46. The number of fused-ring (bicyclic) bond motifs is 4. The van der Waals surface area contributed by atoms with E-state index in [2.05, 4.69) is 0 Å². The van der Waals surface area contributed by atoms with Crippen molar-refractivity contribution in [2.45, 2.75) is 103 Å². The fourth-order valence-electron chi connectivity index (χ4n) is 6.16. The molecule has 4 bridgehead atoms. The van der Waals surface area contributed by atoms with Crippen LogP contribution in [0, 0.1) is 0 Å². The van der Waals surface area contributed by atoms with Crippen molar-refractivity contribution < 1.29 is 85.7 Å². The summed E-state index contributed by atoms with van der Waals surface area (Å²) in [7, 11) is 0. The van der Waals surface area contributed by atoms with E-state index in [-0.39, 0.29) is 46.1 Å². The molecule has 0 unspecified atom stereocenters. The molecule has 3 aliphatic heterocycles. The third-order valence-electron chi connectivity index (χ3n) is 8.06. The first kappa shape index (κ1) is 42.5. The van der Waals surface area contributed by atoms with Gasteiger partial charge in [0.05, 0.1) is 46.1 Å². The highest BCUT2D eigenvalue weighted by Crippen LogP contribution is 2.41. The van der Waals surface area contributed by atoms with Gasteiger partial charge in [-0.1, -0.05) is 30.3 Å². The van der Waals surface area contributed by atoms with Gasteiger partial charge < -0.3 is 56.9 Å². The van der Waals surface area contributed by atoms with E-state index in [9.17, 15) is 28.8 Å². The monoisotopic (exact) mass is 769 g/mol. The van der Waals surface area contributed by atoms with E-state index in [0.717, 1.165) is 40.2 Å². The van der Waals surface area contributed by atoms with Gasteiger partial charge in [-0.3, -0.25) is 28.8 Å². The van der Waals surface area contributed by atoms with Crippen molar-refractivity contribution in [3.63, 3.8) is 0 Å². The number of rotatable bonds is 10. The molecular weight excluding hydrogens is 722 g/mol. The van der Waals surface area contributed by atoms with Crippen LogP contribution in [0.15, 0.2) is 30.3 Å². The minimum Gasteiger partial charge on any atom is -0.456 e. The summed E-state index contributed by atoms with van der Waals surface area (Å²) < 4.78 is 65.5. The van der Waals surface area contributed by atoms with Gasteiger partial charge >= 0.3 is 35.8 Å². The maximum absolute atomic E-state index is 12.7. The van der Waals surface area contributed by atoms with Gasteiger partial charge in [-0.15, -0.1) is 5.06 Å². The van der Waals surface area contributed by atoms with Crippen LogP contribution >= 0.6 is 0 Å². The number of benzene rings is 1. The lowest BCUT2D eigenvalue weighted by atomic mass is 9.97. The number of hydrogen-bond donors (Lipinski definition) is 0. The van der Waals surface area contributed by atoms with Gasteiger partial charge in [-0.2, -0.15) is 0 Å². The summed E-state index contributed by atoms with van der Waals surface area (Å²) in [6.45, 7) is 5.77. The molecule has 0 radical (unpaired) electrons. The Morgan fingerprint density at radius 1 is 0.648 bits per heavy atom. The molecule has 3 saturated heterocycles. The van der Waals surface area contributed by atoms with Gasteiger partial charge in [0.15, 0.2) is 30.5 Å². The van der Waals surface area contributed by atoms with E-state index in [4.69, 9.17) is 56.9 Å². The third-order valence-corrected chi connectivity index (χ3v) is 8.06. The van der Waals surface area contributed by atoms with Crippen molar-refractivity contribution in [2.24, 2.45) is 0 Å². The van der Waals surface area contributed by atoms with Gasteiger partial charge in [-0.05, 0) is 5.56 Å². The maximum Gasteiger partial charge on any atom is 0.322 e. The zero-order valence-electron chi connectivity index (χ0n) is 31.0. The number of hydroxylamine groups is 2. The lowest BCUT2D eigenvalue weighted by molar-refractivity contribution is -0.387. The van der Waals surface area contributed by atoms with Gasteiger partial charge in [0.1, 0.15) is 18.8 Å². The van der Waals surface area contributed by atoms with E-state index >= 15 is 0 Å². The standard InChI is InChI=1S/C35H47NO18/c1-20(37)46-29-27-17-43-14-12-36(54-25(6)42)13-15-44-18-28-30(47-21(2)38)33(50-24(5)41)35(52-28,19-45-16-26-10-8-7-9-11-26)53-34(51-27)32(49-23(4)40)31(29)48-22(3)39/h7-11,27-34H,12-19H2,1-6H3/t27-,28-,29-,30-,31+,32-,33+,34-,35+/m1/s1. The molecule has 3 heterocycles. The summed E-state index contributed by atoms with van der Waals surface area (Å²) in [5.74, 6) is -6.87. The van der Waals surface area contributed by atoms with Crippen LogP contribution in [0.4, 0.5) is 0 Å². The molecule has 54 heavy (non-hydrogen) atoms. The zero-order valence-corrected chi connectivity index (χ0v) is 31.0. The second-order valence-corrected chi connectivity index (χ2v) is 12.6. The topological polar surface area (TPSA) is 216 Å². The summed E-state index contributed by atoms with van der Waals surface area (Å²) in [4.78, 5) is 79.8. The summed E-state index contributed by atoms with van der Waals surface area (Å²) in [6, 6.07) is 9.03. The van der Waals surface area contributed by atoms with E-state index < -0.39 is 97.2 Å². The van der Waals surface area contributed by atoms with Crippen molar-refractivity contribution in [1.82, 2.24) is 5.06 Å². The first-order valence-electron chi connectivity index (χ1n) is 17.2. The van der Waals surface area contributed by atoms with Gasteiger partial charge in [0.2, 0.25) is 12.1 Å². The van der Waals surface area contributed by atoms with Crippen LogP contribution in [-0.4, -0.2) is 142 Å². The second kappa shape index (κ2) is 19.9.